The Kier molecular flexibility index (Phi) is 6.28. The van der Waals surface area contributed by atoms with Crippen LogP contribution in [0.15, 0.2) is 0 Å². The zero-order valence-corrected chi connectivity index (χ0v) is 13.8. The molecular weight excluding hydrogens is 236 g/mol. The normalized spacial score (nSPS) is 27.5. The average molecular weight is 270 g/mol. The Morgan fingerprint density at radius 2 is 1.84 bits per heavy atom. The second-order valence-corrected chi connectivity index (χ2v) is 7.59. The van der Waals surface area contributed by atoms with Gasteiger partial charge in [0.05, 0.1) is 6.10 Å². The molecule has 0 aromatic rings. The molecule has 0 heterocycles. The van der Waals surface area contributed by atoms with Crippen LogP contribution >= 0.6 is 0 Å². The number of aliphatic hydroxyl groups is 1. The van der Waals surface area contributed by atoms with Gasteiger partial charge in [-0.25, -0.2) is 0 Å². The summed E-state index contributed by atoms with van der Waals surface area (Å²) in [5, 5.41) is 10.7. The predicted octanol–water partition coefficient (Wildman–Crippen LogP) is 2.45. The minimum absolute atomic E-state index is 0.0657. The van der Waals surface area contributed by atoms with E-state index < -0.39 is 0 Å². The molecule has 19 heavy (non-hydrogen) atoms. The van der Waals surface area contributed by atoms with Crippen molar-refractivity contribution < 1.29 is 5.11 Å². The molecule has 1 aliphatic rings. The summed E-state index contributed by atoms with van der Waals surface area (Å²) in [4.78, 5) is 4.75. The van der Waals surface area contributed by atoms with Gasteiger partial charge in [-0.2, -0.15) is 0 Å². The van der Waals surface area contributed by atoms with Crippen molar-refractivity contribution in [1.82, 2.24) is 9.80 Å². The Morgan fingerprint density at radius 1 is 1.21 bits per heavy atom. The van der Waals surface area contributed by atoms with Crippen molar-refractivity contribution in [3.8, 4) is 0 Å². The van der Waals surface area contributed by atoms with Crippen LogP contribution in [0.1, 0.15) is 47.0 Å². The van der Waals surface area contributed by atoms with Crippen LogP contribution in [-0.2, 0) is 0 Å². The highest BCUT2D eigenvalue weighted by molar-refractivity contribution is 4.93. The lowest BCUT2D eigenvalue weighted by Gasteiger charge is -2.46. The van der Waals surface area contributed by atoms with Crippen molar-refractivity contribution in [3.63, 3.8) is 0 Å². The fourth-order valence-corrected chi connectivity index (χ4v) is 3.17. The Bertz CT molecular complexity index is 263. The van der Waals surface area contributed by atoms with Gasteiger partial charge in [-0.1, -0.05) is 34.1 Å². The maximum atomic E-state index is 10.7. The third-order valence-corrected chi connectivity index (χ3v) is 4.39. The monoisotopic (exact) mass is 270 g/mol. The van der Waals surface area contributed by atoms with Gasteiger partial charge in [-0.05, 0) is 38.3 Å². The Balaban J connectivity index is 2.71. The maximum absolute atomic E-state index is 10.7. The van der Waals surface area contributed by atoms with E-state index in [-0.39, 0.29) is 11.5 Å². The number of hydrogen-bond acceptors (Lipinski definition) is 3. The van der Waals surface area contributed by atoms with Crippen LogP contribution in [0.2, 0.25) is 0 Å². The summed E-state index contributed by atoms with van der Waals surface area (Å²) in [6.45, 7) is 12.2. The Labute approximate surface area is 120 Å². The van der Waals surface area contributed by atoms with Crippen LogP contribution in [-0.4, -0.2) is 60.8 Å². The summed E-state index contributed by atoms with van der Waals surface area (Å²) in [7, 11) is 4.24. The standard InChI is InChI=1S/C16H34N2O/c1-13(2)12-18(11-10-17(5)6)14-8-7-9-16(3,4)15(14)19/h13-15,19H,7-12H2,1-6H3. The van der Waals surface area contributed by atoms with Crippen LogP contribution in [0.4, 0.5) is 0 Å². The largest absolute Gasteiger partial charge is 0.391 e. The maximum Gasteiger partial charge on any atom is 0.0746 e. The average Bonchev–Trinajstić information content (AvgIpc) is 2.27. The molecule has 1 rings (SSSR count). The molecule has 0 aromatic carbocycles. The van der Waals surface area contributed by atoms with Gasteiger partial charge in [0.2, 0.25) is 0 Å². The Hall–Kier alpha value is -0.120. The molecule has 1 saturated carbocycles. The molecule has 0 spiro atoms. The van der Waals surface area contributed by atoms with E-state index in [0.29, 0.717) is 12.0 Å². The first-order chi connectivity index (χ1) is 8.74. The molecule has 3 heteroatoms. The summed E-state index contributed by atoms with van der Waals surface area (Å²) in [6.07, 6.45) is 3.34. The second kappa shape index (κ2) is 7.05. The van der Waals surface area contributed by atoms with Gasteiger partial charge in [-0.3, -0.25) is 4.90 Å². The van der Waals surface area contributed by atoms with Crippen molar-refractivity contribution in [2.75, 3.05) is 33.7 Å². The molecule has 0 bridgehead atoms. The Morgan fingerprint density at radius 3 is 2.37 bits per heavy atom. The molecule has 1 N–H and O–H groups in total. The van der Waals surface area contributed by atoms with Gasteiger partial charge in [0.15, 0.2) is 0 Å². The smallest absolute Gasteiger partial charge is 0.0746 e. The molecule has 1 aliphatic carbocycles. The summed E-state index contributed by atoms with van der Waals surface area (Å²) in [6, 6.07) is 0.339. The first-order valence-corrected chi connectivity index (χ1v) is 7.81. The fourth-order valence-electron chi connectivity index (χ4n) is 3.17. The highest BCUT2D eigenvalue weighted by atomic mass is 16.3. The van der Waals surface area contributed by atoms with Gasteiger partial charge < -0.3 is 10.0 Å². The van der Waals surface area contributed by atoms with E-state index in [2.05, 4.69) is 51.6 Å². The predicted molar refractivity (Wildman–Crippen MR) is 82.4 cm³/mol. The molecule has 2 atom stereocenters. The summed E-state index contributed by atoms with van der Waals surface area (Å²) in [5.41, 5.74) is 0.0657. The SMILES string of the molecule is CC(C)CN(CCN(C)C)C1CCCC(C)(C)C1O. The number of rotatable bonds is 6. The van der Waals surface area contributed by atoms with Gasteiger partial charge in [0.1, 0.15) is 0 Å². The molecule has 0 amide bonds. The van der Waals surface area contributed by atoms with Crippen molar-refractivity contribution in [1.29, 1.82) is 0 Å². The minimum Gasteiger partial charge on any atom is -0.391 e. The van der Waals surface area contributed by atoms with Crippen molar-refractivity contribution in [3.05, 3.63) is 0 Å². The lowest BCUT2D eigenvalue weighted by atomic mass is 9.72. The van der Waals surface area contributed by atoms with Gasteiger partial charge in [-0.15, -0.1) is 0 Å². The molecule has 114 valence electrons. The number of nitrogens with zero attached hydrogens (tertiary/aromatic N) is 2. The lowest BCUT2D eigenvalue weighted by molar-refractivity contribution is -0.0608. The minimum atomic E-state index is -0.192. The molecular formula is C16H34N2O. The molecule has 0 saturated heterocycles. The first-order valence-electron chi connectivity index (χ1n) is 7.81. The summed E-state index contributed by atoms with van der Waals surface area (Å²) < 4.78 is 0. The third kappa shape index (κ3) is 5.05. The van der Waals surface area contributed by atoms with Gasteiger partial charge in [0, 0.05) is 25.7 Å². The fraction of sp³-hybridized carbons (Fsp3) is 1.00. The number of aliphatic hydroxyl groups excluding tert-OH is 1. The quantitative estimate of drug-likeness (QED) is 0.803. The van der Waals surface area contributed by atoms with E-state index in [4.69, 9.17) is 0 Å². The molecule has 0 radical (unpaired) electrons. The second-order valence-electron chi connectivity index (χ2n) is 7.59. The molecule has 1 fully saturated rings. The van der Waals surface area contributed by atoms with Crippen molar-refractivity contribution in [2.24, 2.45) is 11.3 Å². The van der Waals surface area contributed by atoms with E-state index in [0.717, 1.165) is 32.5 Å². The van der Waals surface area contributed by atoms with Crippen molar-refractivity contribution in [2.45, 2.75) is 59.1 Å². The highest BCUT2D eigenvalue weighted by Gasteiger charge is 2.40. The van der Waals surface area contributed by atoms with Crippen LogP contribution in [0, 0.1) is 11.3 Å². The van der Waals surface area contributed by atoms with Gasteiger partial charge >= 0.3 is 0 Å². The number of hydrogen-bond donors (Lipinski definition) is 1. The van der Waals surface area contributed by atoms with E-state index in [1.54, 1.807) is 0 Å². The molecule has 0 aromatic heterocycles. The molecule has 2 unspecified atom stereocenters. The van der Waals surface area contributed by atoms with E-state index in [1.165, 1.54) is 6.42 Å². The number of likely N-dealkylation sites (N-methyl/N-ethyl adjacent to an activating group) is 1. The summed E-state index contributed by atoms with van der Waals surface area (Å²) >= 11 is 0. The highest BCUT2D eigenvalue weighted by Crippen LogP contribution is 2.37. The lowest BCUT2D eigenvalue weighted by Crippen LogP contribution is -2.54. The zero-order valence-electron chi connectivity index (χ0n) is 13.8. The van der Waals surface area contributed by atoms with Crippen molar-refractivity contribution >= 4 is 0 Å². The van der Waals surface area contributed by atoms with Crippen LogP contribution in [0.25, 0.3) is 0 Å². The van der Waals surface area contributed by atoms with E-state index in [1.807, 2.05) is 0 Å². The van der Waals surface area contributed by atoms with E-state index in [9.17, 15) is 5.11 Å². The molecule has 0 aliphatic heterocycles. The van der Waals surface area contributed by atoms with Gasteiger partial charge in [0.25, 0.3) is 0 Å². The molecule has 3 nitrogen and oxygen atoms in total. The van der Waals surface area contributed by atoms with E-state index >= 15 is 0 Å². The topological polar surface area (TPSA) is 26.7 Å². The van der Waals surface area contributed by atoms with Crippen LogP contribution < -0.4 is 0 Å². The first kappa shape index (κ1) is 16.9. The third-order valence-electron chi connectivity index (χ3n) is 4.39. The van der Waals surface area contributed by atoms with Crippen LogP contribution in [0.3, 0.4) is 0 Å². The zero-order chi connectivity index (χ0) is 14.6. The summed E-state index contributed by atoms with van der Waals surface area (Å²) in [5.74, 6) is 0.652. The van der Waals surface area contributed by atoms with Crippen LogP contribution in [0.5, 0.6) is 0 Å².